The van der Waals surface area contributed by atoms with Gasteiger partial charge in [-0.15, -0.1) is 0 Å². The maximum absolute atomic E-state index is 13.2. The zero-order valence-corrected chi connectivity index (χ0v) is 18.3. The number of amides is 2. The Labute approximate surface area is 192 Å². The summed E-state index contributed by atoms with van der Waals surface area (Å²) in [5, 5.41) is 12.0. The summed E-state index contributed by atoms with van der Waals surface area (Å²) in [6, 6.07) is 16.3. The molecule has 5 rings (SSSR count). The van der Waals surface area contributed by atoms with Crippen LogP contribution in [0.4, 0.5) is 4.79 Å². The molecule has 2 N–H and O–H groups in total. The minimum atomic E-state index is -0.961. The van der Waals surface area contributed by atoms with Gasteiger partial charge in [0.15, 0.2) is 0 Å². The molecule has 0 spiro atoms. The molecule has 33 heavy (non-hydrogen) atoms. The molecular formula is C26H26N2O5. The van der Waals surface area contributed by atoms with Crippen molar-refractivity contribution in [3.05, 3.63) is 71.3 Å². The first kappa shape index (κ1) is 21.2. The summed E-state index contributed by atoms with van der Waals surface area (Å²) in [4.78, 5) is 38.7. The van der Waals surface area contributed by atoms with Crippen LogP contribution in [0.15, 0.2) is 60.2 Å². The van der Waals surface area contributed by atoms with Gasteiger partial charge in [-0.25, -0.2) is 9.59 Å². The average Bonchev–Trinajstić information content (AvgIpc) is 3.13. The molecule has 1 heterocycles. The van der Waals surface area contributed by atoms with Crippen LogP contribution < -0.4 is 5.32 Å². The van der Waals surface area contributed by atoms with Crippen molar-refractivity contribution in [2.45, 2.75) is 37.1 Å². The molecular weight excluding hydrogens is 420 g/mol. The van der Waals surface area contributed by atoms with E-state index in [4.69, 9.17) is 9.84 Å². The number of benzene rings is 2. The molecule has 0 bridgehead atoms. The molecule has 2 amide bonds. The van der Waals surface area contributed by atoms with E-state index >= 15 is 0 Å². The second-order valence-electron chi connectivity index (χ2n) is 8.92. The van der Waals surface area contributed by atoms with Gasteiger partial charge in [0, 0.05) is 24.6 Å². The first-order chi connectivity index (χ1) is 16.0. The van der Waals surface area contributed by atoms with Crippen LogP contribution in [-0.2, 0) is 14.3 Å². The van der Waals surface area contributed by atoms with Gasteiger partial charge in [-0.1, -0.05) is 54.6 Å². The summed E-state index contributed by atoms with van der Waals surface area (Å²) in [6.45, 7) is 0.776. The minimum absolute atomic E-state index is 0.0436. The first-order valence-corrected chi connectivity index (χ1v) is 11.3. The van der Waals surface area contributed by atoms with Gasteiger partial charge in [0.1, 0.15) is 12.1 Å². The molecule has 0 saturated heterocycles. The normalized spacial score (nSPS) is 18.4. The van der Waals surface area contributed by atoms with Crippen molar-refractivity contribution in [3.8, 4) is 11.1 Å². The van der Waals surface area contributed by atoms with E-state index in [0.29, 0.717) is 31.4 Å². The van der Waals surface area contributed by atoms with Crippen molar-refractivity contribution in [3.63, 3.8) is 0 Å². The molecule has 0 radical (unpaired) electrons. The molecule has 0 aromatic heterocycles. The van der Waals surface area contributed by atoms with Crippen LogP contribution in [0.3, 0.4) is 0 Å². The summed E-state index contributed by atoms with van der Waals surface area (Å²) in [7, 11) is 0. The Balaban J connectivity index is 1.25. The molecule has 2 aliphatic carbocycles. The molecule has 7 nitrogen and oxygen atoms in total. The standard InChI is InChI=1S/C26H26N2O5/c29-23(30)17-10-14-28(15-11-17)24(31)26(12-5-13-26)27-25(32)33-16-22-20-8-3-1-6-18(20)19-7-2-4-9-21(19)22/h1-4,6-10,22H,5,11-16H2,(H,27,32)(H,29,30). The molecule has 2 aromatic carbocycles. The number of alkyl carbamates (subject to hydrolysis) is 1. The topological polar surface area (TPSA) is 95.9 Å². The number of carbonyl (C=O) groups is 3. The van der Waals surface area contributed by atoms with E-state index in [0.717, 1.165) is 28.7 Å². The molecule has 1 aliphatic heterocycles. The van der Waals surface area contributed by atoms with E-state index in [1.165, 1.54) is 0 Å². The van der Waals surface area contributed by atoms with Crippen molar-refractivity contribution in [1.29, 1.82) is 0 Å². The van der Waals surface area contributed by atoms with Gasteiger partial charge in [-0.05, 0) is 47.9 Å². The van der Waals surface area contributed by atoms with Crippen molar-refractivity contribution in [1.82, 2.24) is 10.2 Å². The number of hydrogen-bond acceptors (Lipinski definition) is 4. The van der Waals surface area contributed by atoms with E-state index in [2.05, 4.69) is 29.6 Å². The number of carboxylic acids is 1. The largest absolute Gasteiger partial charge is 0.478 e. The summed E-state index contributed by atoms with van der Waals surface area (Å²) in [5.74, 6) is -1.15. The Kier molecular flexibility index (Phi) is 5.40. The number of carbonyl (C=O) groups excluding carboxylic acids is 2. The predicted octanol–water partition coefficient (Wildman–Crippen LogP) is 3.69. The predicted molar refractivity (Wildman–Crippen MR) is 122 cm³/mol. The van der Waals surface area contributed by atoms with Crippen molar-refractivity contribution < 1.29 is 24.2 Å². The highest BCUT2D eigenvalue weighted by molar-refractivity contribution is 5.92. The highest BCUT2D eigenvalue weighted by Gasteiger charge is 2.48. The number of aliphatic carboxylic acids is 1. The van der Waals surface area contributed by atoms with Crippen LogP contribution in [0.5, 0.6) is 0 Å². The fourth-order valence-electron chi connectivity index (χ4n) is 5.10. The Bertz CT molecular complexity index is 1110. The number of nitrogens with zero attached hydrogens (tertiary/aromatic N) is 1. The van der Waals surface area contributed by atoms with Crippen molar-refractivity contribution >= 4 is 18.0 Å². The molecule has 1 fully saturated rings. The molecule has 7 heteroatoms. The minimum Gasteiger partial charge on any atom is -0.478 e. The van der Waals surface area contributed by atoms with Crippen molar-refractivity contribution in [2.24, 2.45) is 0 Å². The van der Waals surface area contributed by atoms with E-state index in [-0.39, 0.29) is 25.0 Å². The third-order valence-electron chi connectivity index (χ3n) is 7.07. The third kappa shape index (κ3) is 3.77. The highest BCUT2D eigenvalue weighted by atomic mass is 16.5. The summed E-state index contributed by atoms with van der Waals surface area (Å²) < 4.78 is 5.65. The number of hydrogen-bond donors (Lipinski definition) is 2. The summed E-state index contributed by atoms with van der Waals surface area (Å²) in [5.41, 5.74) is 3.95. The van der Waals surface area contributed by atoms with Crippen molar-refractivity contribution in [2.75, 3.05) is 19.7 Å². The van der Waals surface area contributed by atoms with Crippen LogP contribution in [0, 0.1) is 0 Å². The quantitative estimate of drug-likeness (QED) is 0.730. The van der Waals surface area contributed by atoms with Gasteiger partial charge in [-0.2, -0.15) is 0 Å². The molecule has 1 saturated carbocycles. The first-order valence-electron chi connectivity index (χ1n) is 11.3. The average molecular weight is 447 g/mol. The number of carboxylic acid groups (broad SMARTS) is 1. The van der Waals surface area contributed by atoms with Crippen LogP contribution in [-0.4, -0.2) is 53.2 Å². The van der Waals surface area contributed by atoms with E-state index < -0.39 is 17.6 Å². The zero-order chi connectivity index (χ0) is 23.0. The second kappa shape index (κ2) is 8.39. The third-order valence-corrected chi connectivity index (χ3v) is 7.07. The van der Waals surface area contributed by atoms with Crippen LogP contribution in [0.25, 0.3) is 11.1 Å². The van der Waals surface area contributed by atoms with Gasteiger partial charge in [-0.3, -0.25) is 4.79 Å². The number of nitrogens with one attached hydrogen (secondary N) is 1. The van der Waals surface area contributed by atoms with Crippen LogP contribution in [0.2, 0.25) is 0 Å². The van der Waals surface area contributed by atoms with Gasteiger partial charge in [0.05, 0.1) is 0 Å². The van der Waals surface area contributed by atoms with Gasteiger partial charge >= 0.3 is 12.1 Å². The maximum Gasteiger partial charge on any atom is 0.408 e. The number of ether oxygens (including phenoxy) is 1. The lowest BCUT2D eigenvalue weighted by Gasteiger charge is -2.44. The smallest absolute Gasteiger partial charge is 0.408 e. The lowest BCUT2D eigenvalue weighted by atomic mass is 9.75. The monoisotopic (exact) mass is 446 g/mol. The SMILES string of the molecule is O=C(NC1(C(=O)N2CC=C(C(=O)O)CC2)CCC1)OCC1c2ccccc2-c2ccccc21. The van der Waals surface area contributed by atoms with E-state index in [1.807, 2.05) is 24.3 Å². The van der Waals surface area contributed by atoms with E-state index in [1.54, 1.807) is 11.0 Å². The highest BCUT2D eigenvalue weighted by Crippen LogP contribution is 2.44. The lowest BCUT2D eigenvalue weighted by Crippen LogP contribution is -2.64. The lowest BCUT2D eigenvalue weighted by molar-refractivity contribution is -0.142. The fourth-order valence-corrected chi connectivity index (χ4v) is 5.10. The molecule has 2 aromatic rings. The van der Waals surface area contributed by atoms with Crippen LogP contribution >= 0.6 is 0 Å². The zero-order valence-electron chi connectivity index (χ0n) is 18.3. The maximum atomic E-state index is 13.2. The molecule has 0 atom stereocenters. The summed E-state index contributed by atoms with van der Waals surface area (Å²) >= 11 is 0. The Hall–Kier alpha value is -3.61. The Morgan fingerprint density at radius 1 is 1.03 bits per heavy atom. The van der Waals surface area contributed by atoms with Crippen LogP contribution in [0.1, 0.15) is 42.7 Å². The Morgan fingerprint density at radius 2 is 1.67 bits per heavy atom. The summed E-state index contributed by atoms with van der Waals surface area (Å²) in [6.07, 6.45) is 3.25. The fraction of sp³-hybridized carbons (Fsp3) is 0.346. The van der Waals surface area contributed by atoms with Gasteiger partial charge in [0.2, 0.25) is 5.91 Å². The number of rotatable bonds is 5. The van der Waals surface area contributed by atoms with E-state index in [9.17, 15) is 14.4 Å². The molecule has 3 aliphatic rings. The Morgan fingerprint density at radius 3 is 2.18 bits per heavy atom. The molecule has 170 valence electrons. The number of fused-ring (bicyclic) bond motifs is 3. The molecule has 0 unspecified atom stereocenters. The second-order valence-corrected chi connectivity index (χ2v) is 8.92. The van der Waals surface area contributed by atoms with Gasteiger partial charge < -0.3 is 20.1 Å². The van der Waals surface area contributed by atoms with Gasteiger partial charge in [0.25, 0.3) is 0 Å².